The van der Waals surface area contributed by atoms with E-state index < -0.39 is 0 Å². The number of fused-ring (bicyclic) bond motifs is 3. The van der Waals surface area contributed by atoms with Gasteiger partial charge in [-0.1, -0.05) is 12.1 Å². The van der Waals surface area contributed by atoms with Crippen LogP contribution in [0.1, 0.15) is 16.1 Å². The predicted molar refractivity (Wildman–Crippen MR) is 102 cm³/mol. The summed E-state index contributed by atoms with van der Waals surface area (Å²) in [5.74, 6) is 0.318. The first kappa shape index (κ1) is 16.9. The van der Waals surface area contributed by atoms with Crippen LogP contribution in [-0.2, 0) is 11.3 Å². The van der Waals surface area contributed by atoms with Gasteiger partial charge in [-0.25, -0.2) is 0 Å². The Kier molecular flexibility index (Phi) is 4.38. The number of rotatable bonds is 4. The lowest BCUT2D eigenvalue weighted by Crippen LogP contribution is -2.37. The molecule has 0 atom stereocenters. The van der Waals surface area contributed by atoms with E-state index in [9.17, 15) is 9.59 Å². The fourth-order valence-corrected chi connectivity index (χ4v) is 3.26. The Morgan fingerprint density at radius 3 is 2.63 bits per heavy atom. The average Bonchev–Trinajstić information content (AvgIpc) is 3.11. The molecule has 6 heteroatoms. The second-order valence-electron chi connectivity index (χ2n) is 6.32. The lowest BCUT2D eigenvalue weighted by molar-refractivity contribution is -0.117. The second-order valence-corrected chi connectivity index (χ2v) is 6.32. The van der Waals surface area contributed by atoms with Crippen LogP contribution in [0.4, 0.5) is 5.69 Å². The lowest BCUT2D eigenvalue weighted by Gasteiger charge is -2.20. The highest BCUT2D eigenvalue weighted by molar-refractivity contribution is 6.01. The van der Waals surface area contributed by atoms with Crippen molar-refractivity contribution in [2.45, 2.75) is 6.54 Å². The number of amides is 2. The smallest absolute Gasteiger partial charge is 0.256 e. The van der Waals surface area contributed by atoms with Gasteiger partial charge in [0.2, 0.25) is 5.91 Å². The maximum absolute atomic E-state index is 13.0. The molecule has 4 rings (SSSR count). The summed E-state index contributed by atoms with van der Waals surface area (Å²) in [6.45, 7) is 0.348. The number of hydrogen-bond acceptors (Lipinski definition) is 3. The molecular weight excluding hydrogens is 342 g/mol. The minimum Gasteiger partial charge on any atom is -0.497 e. The van der Waals surface area contributed by atoms with Crippen molar-refractivity contribution in [1.82, 2.24) is 9.47 Å². The van der Waals surface area contributed by atoms with Crippen LogP contribution in [0.3, 0.4) is 0 Å². The Hall–Kier alpha value is -3.54. The van der Waals surface area contributed by atoms with Gasteiger partial charge in [0.1, 0.15) is 12.3 Å². The minimum atomic E-state index is -0.244. The molecule has 136 valence electrons. The van der Waals surface area contributed by atoms with Crippen molar-refractivity contribution in [1.29, 1.82) is 0 Å². The van der Waals surface area contributed by atoms with Gasteiger partial charge in [0.05, 0.1) is 24.9 Å². The zero-order valence-electron chi connectivity index (χ0n) is 14.9. The van der Waals surface area contributed by atoms with E-state index in [4.69, 9.17) is 4.74 Å². The van der Waals surface area contributed by atoms with Crippen LogP contribution >= 0.6 is 0 Å². The third kappa shape index (κ3) is 3.29. The summed E-state index contributed by atoms with van der Waals surface area (Å²) < 4.78 is 7.11. The molecule has 0 unspecified atom stereocenters. The maximum atomic E-state index is 13.0. The number of nitrogens with zero attached hydrogens (tertiary/aromatic N) is 2. The number of benzene rings is 2. The van der Waals surface area contributed by atoms with Crippen molar-refractivity contribution in [2.24, 2.45) is 0 Å². The molecule has 0 bridgehead atoms. The average molecular weight is 361 g/mol. The molecule has 1 aromatic heterocycles. The maximum Gasteiger partial charge on any atom is 0.256 e. The summed E-state index contributed by atoms with van der Waals surface area (Å²) in [6.07, 6.45) is 1.93. The molecule has 27 heavy (non-hydrogen) atoms. The zero-order chi connectivity index (χ0) is 18.8. The summed E-state index contributed by atoms with van der Waals surface area (Å²) >= 11 is 0. The van der Waals surface area contributed by atoms with Gasteiger partial charge in [-0.3, -0.25) is 9.59 Å². The Labute approximate surface area is 157 Å². The van der Waals surface area contributed by atoms with Crippen LogP contribution in [0.2, 0.25) is 0 Å². The number of hydrogen-bond donors (Lipinski definition) is 1. The fraction of sp³-hybridized carbons (Fsp3) is 0.143. The summed E-state index contributed by atoms with van der Waals surface area (Å²) in [6, 6.07) is 18.4. The van der Waals surface area contributed by atoms with E-state index in [0.717, 1.165) is 11.4 Å². The van der Waals surface area contributed by atoms with Gasteiger partial charge in [-0.2, -0.15) is 0 Å². The molecule has 0 radical (unpaired) electrons. The highest BCUT2D eigenvalue weighted by Gasteiger charge is 2.26. The molecule has 1 N–H and O–H groups in total. The third-order valence-corrected chi connectivity index (χ3v) is 4.58. The van der Waals surface area contributed by atoms with Crippen LogP contribution in [0.15, 0.2) is 66.9 Å². The fourth-order valence-electron chi connectivity index (χ4n) is 3.26. The number of aromatic nitrogens is 1. The largest absolute Gasteiger partial charge is 0.497 e. The first-order valence-electron chi connectivity index (χ1n) is 8.64. The quantitative estimate of drug-likeness (QED) is 0.777. The Balaban J connectivity index is 1.55. The number of methoxy groups -OCH3 is 1. The highest BCUT2D eigenvalue weighted by atomic mass is 16.5. The van der Waals surface area contributed by atoms with Gasteiger partial charge in [-0.15, -0.1) is 0 Å². The van der Waals surface area contributed by atoms with E-state index in [1.807, 2.05) is 41.1 Å². The van der Waals surface area contributed by atoms with Gasteiger partial charge in [0.25, 0.3) is 5.91 Å². The summed E-state index contributed by atoms with van der Waals surface area (Å²) in [5, 5.41) is 2.83. The molecule has 1 aliphatic heterocycles. The summed E-state index contributed by atoms with van der Waals surface area (Å²) in [5.41, 5.74) is 3.04. The van der Waals surface area contributed by atoms with E-state index in [0.29, 0.717) is 23.5 Å². The topological polar surface area (TPSA) is 63.6 Å². The van der Waals surface area contributed by atoms with E-state index in [2.05, 4.69) is 5.32 Å². The molecule has 0 aliphatic carbocycles. The van der Waals surface area contributed by atoms with Crippen molar-refractivity contribution in [3.05, 3.63) is 78.1 Å². The Bertz CT molecular complexity index is 992. The molecule has 2 amide bonds. The third-order valence-electron chi connectivity index (χ3n) is 4.58. The SMILES string of the molecule is COc1ccc(NC(=O)CN2Cc3cccn3-c3ccccc3C2=O)cc1. The van der Waals surface area contributed by atoms with Crippen LogP contribution in [0, 0.1) is 0 Å². The molecule has 0 saturated heterocycles. The number of nitrogens with one attached hydrogen (secondary N) is 1. The number of carbonyl (C=O) groups excluding carboxylic acids is 2. The molecule has 2 aromatic carbocycles. The molecular formula is C21H19N3O3. The van der Waals surface area contributed by atoms with E-state index in [-0.39, 0.29) is 18.4 Å². The molecule has 0 spiro atoms. The van der Waals surface area contributed by atoms with Gasteiger partial charge >= 0.3 is 0 Å². The minimum absolute atomic E-state index is 0.0234. The van der Waals surface area contributed by atoms with Crippen molar-refractivity contribution in [3.8, 4) is 11.4 Å². The first-order valence-corrected chi connectivity index (χ1v) is 8.64. The molecule has 0 saturated carbocycles. The van der Waals surface area contributed by atoms with Crippen LogP contribution < -0.4 is 10.1 Å². The highest BCUT2D eigenvalue weighted by Crippen LogP contribution is 2.24. The van der Waals surface area contributed by atoms with Gasteiger partial charge in [0, 0.05) is 17.6 Å². The number of anilines is 1. The summed E-state index contributed by atoms with van der Waals surface area (Å²) in [7, 11) is 1.59. The molecule has 2 heterocycles. The lowest BCUT2D eigenvalue weighted by atomic mass is 10.1. The monoisotopic (exact) mass is 361 g/mol. The van der Waals surface area contributed by atoms with Crippen molar-refractivity contribution in [3.63, 3.8) is 0 Å². The second kappa shape index (κ2) is 6.99. The molecule has 0 fully saturated rings. The van der Waals surface area contributed by atoms with E-state index >= 15 is 0 Å². The van der Waals surface area contributed by atoms with Crippen LogP contribution in [0.25, 0.3) is 5.69 Å². The van der Waals surface area contributed by atoms with Crippen molar-refractivity contribution < 1.29 is 14.3 Å². The van der Waals surface area contributed by atoms with Gasteiger partial charge < -0.3 is 19.5 Å². The molecule has 3 aromatic rings. The zero-order valence-corrected chi connectivity index (χ0v) is 14.9. The predicted octanol–water partition coefficient (Wildman–Crippen LogP) is 3.08. The van der Waals surface area contributed by atoms with Gasteiger partial charge in [0.15, 0.2) is 0 Å². The normalized spacial score (nSPS) is 12.8. The van der Waals surface area contributed by atoms with Crippen LogP contribution in [-0.4, -0.2) is 34.9 Å². The van der Waals surface area contributed by atoms with E-state index in [1.165, 1.54) is 0 Å². The molecule has 1 aliphatic rings. The van der Waals surface area contributed by atoms with Crippen molar-refractivity contribution >= 4 is 17.5 Å². The van der Waals surface area contributed by atoms with E-state index in [1.54, 1.807) is 42.3 Å². The number of carbonyl (C=O) groups is 2. The number of ether oxygens (including phenoxy) is 1. The van der Waals surface area contributed by atoms with Crippen LogP contribution in [0.5, 0.6) is 5.75 Å². The molecule has 6 nitrogen and oxygen atoms in total. The Morgan fingerprint density at radius 1 is 1.07 bits per heavy atom. The Morgan fingerprint density at radius 2 is 1.85 bits per heavy atom. The van der Waals surface area contributed by atoms with Gasteiger partial charge in [-0.05, 0) is 48.5 Å². The number of para-hydroxylation sites is 1. The standard InChI is InChI=1S/C21H19N3O3/c1-27-17-10-8-15(9-11-17)22-20(25)14-23-13-16-5-4-12-24(16)19-7-3-2-6-18(19)21(23)26/h2-12H,13-14H2,1H3,(H,22,25). The summed E-state index contributed by atoms with van der Waals surface area (Å²) in [4.78, 5) is 27.1. The van der Waals surface area contributed by atoms with Crippen molar-refractivity contribution in [2.75, 3.05) is 19.0 Å². The first-order chi connectivity index (χ1) is 13.2.